The molecule has 3 heterocycles. The van der Waals surface area contributed by atoms with Crippen molar-refractivity contribution in [3.8, 4) is 0 Å². The predicted molar refractivity (Wildman–Crippen MR) is 86.6 cm³/mol. The Hall–Kier alpha value is -1.36. The Morgan fingerprint density at radius 1 is 1.27 bits per heavy atom. The van der Waals surface area contributed by atoms with E-state index in [0.717, 1.165) is 25.3 Å². The third-order valence-corrected chi connectivity index (χ3v) is 5.35. The van der Waals surface area contributed by atoms with Crippen molar-refractivity contribution in [3.63, 3.8) is 0 Å². The zero-order chi connectivity index (χ0) is 15.5. The lowest BCUT2D eigenvalue weighted by Crippen LogP contribution is -2.47. The highest BCUT2D eigenvalue weighted by Crippen LogP contribution is 2.29. The number of hydrogen-bond acceptors (Lipinski definition) is 3. The summed E-state index contributed by atoms with van der Waals surface area (Å²) in [4.78, 5) is 21.5. The zero-order valence-corrected chi connectivity index (χ0v) is 13.9. The van der Waals surface area contributed by atoms with E-state index in [1.807, 2.05) is 19.3 Å². The Balaban J connectivity index is 1.51. The summed E-state index contributed by atoms with van der Waals surface area (Å²) in [6.07, 6.45) is 10.3. The fourth-order valence-corrected chi connectivity index (χ4v) is 4.11. The summed E-state index contributed by atoms with van der Waals surface area (Å²) in [6.45, 7) is 5.04. The molecule has 2 atom stereocenters. The van der Waals surface area contributed by atoms with E-state index >= 15 is 0 Å². The summed E-state index contributed by atoms with van der Waals surface area (Å²) in [5.41, 5.74) is 0. The second kappa shape index (κ2) is 6.82. The number of imidazole rings is 1. The van der Waals surface area contributed by atoms with Crippen LogP contribution in [0, 0.1) is 6.92 Å². The number of likely N-dealkylation sites (tertiary alicyclic amines) is 2. The first kappa shape index (κ1) is 15.5. The smallest absolute Gasteiger partial charge is 0.222 e. The van der Waals surface area contributed by atoms with Crippen molar-refractivity contribution >= 4 is 5.91 Å². The zero-order valence-electron chi connectivity index (χ0n) is 13.9. The minimum absolute atomic E-state index is 0.348. The van der Waals surface area contributed by atoms with Crippen molar-refractivity contribution < 1.29 is 4.79 Å². The molecule has 1 amide bonds. The van der Waals surface area contributed by atoms with Gasteiger partial charge < -0.3 is 14.4 Å². The van der Waals surface area contributed by atoms with Crippen LogP contribution in [0.2, 0.25) is 0 Å². The van der Waals surface area contributed by atoms with Gasteiger partial charge in [0.1, 0.15) is 5.82 Å². The maximum atomic E-state index is 12.6. The van der Waals surface area contributed by atoms with Crippen molar-refractivity contribution in [2.45, 2.75) is 64.1 Å². The summed E-state index contributed by atoms with van der Waals surface area (Å²) < 4.78 is 2.12. The Kier molecular flexibility index (Phi) is 4.81. The number of carbonyl (C=O) groups excluding carboxylic acids is 1. The van der Waals surface area contributed by atoms with E-state index in [0.29, 0.717) is 24.4 Å². The Labute approximate surface area is 133 Å². The average Bonchev–Trinajstić information content (AvgIpc) is 3.20. The first-order valence-electron chi connectivity index (χ1n) is 8.64. The van der Waals surface area contributed by atoms with Gasteiger partial charge in [-0.15, -0.1) is 0 Å². The highest BCUT2D eigenvalue weighted by atomic mass is 16.2. The Bertz CT molecular complexity index is 513. The van der Waals surface area contributed by atoms with Gasteiger partial charge in [0.15, 0.2) is 0 Å². The van der Waals surface area contributed by atoms with E-state index in [1.165, 1.54) is 32.2 Å². The molecule has 1 aromatic heterocycles. The lowest BCUT2D eigenvalue weighted by atomic mass is 10.0. The van der Waals surface area contributed by atoms with Crippen LogP contribution in [0.3, 0.4) is 0 Å². The van der Waals surface area contributed by atoms with Crippen LogP contribution in [-0.2, 0) is 11.3 Å². The normalized spacial score (nSPS) is 26.0. The van der Waals surface area contributed by atoms with E-state index in [1.54, 1.807) is 0 Å². The van der Waals surface area contributed by atoms with Gasteiger partial charge in [-0.1, -0.05) is 0 Å². The highest BCUT2D eigenvalue weighted by molar-refractivity contribution is 5.76. The molecular formula is C17H28N4O. The van der Waals surface area contributed by atoms with E-state index < -0.39 is 0 Å². The number of carbonyl (C=O) groups is 1. The topological polar surface area (TPSA) is 41.4 Å². The molecule has 0 aliphatic carbocycles. The van der Waals surface area contributed by atoms with Crippen LogP contribution in [0.5, 0.6) is 0 Å². The van der Waals surface area contributed by atoms with Crippen LogP contribution in [0.25, 0.3) is 0 Å². The molecule has 5 nitrogen and oxygen atoms in total. The standard InChI is InChI=1S/C17H28N4O/c1-14-18-9-13-20(14)11-5-8-17(22)21-12-4-7-16(21)15-6-3-10-19(15)2/h9,13,15-16H,3-8,10-12H2,1-2H3/t15-,16-/m0/s1. The van der Waals surface area contributed by atoms with Crippen LogP contribution in [-0.4, -0.2) is 57.5 Å². The molecule has 0 spiro atoms. The molecule has 2 aliphatic rings. The Morgan fingerprint density at radius 3 is 2.73 bits per heavy atom. The van der Waals surface area contributed by atoms with Crippen LogP contribution in [0.4, 0.5) is 0 Å². The molecular weight excluding hydrogens is 276 g/mol. The second-order valence-electron chi connectivity index (χ2n) is 6.76. The summed E-state index contributed by atoms with van der Waals surface area (Å²) in [7, 11) is 2.21. The van der Waals surface area contributed by atoms with Crippen molar-refractivity contribution in [2.24, 2.45) is 0 Å². The lowest BCUT2D eigenvalue weighted by Gasteiger charge is -2.33. The molecule has 3 rings (SSSR count). The molecule has 0 saturated carbocycles. The third-order valence-electron chi connectivity index (χ3n) is 5.35. The molecule has 2 fully saturated rings. The molecule has 2 aliphatic heterocycles. The maximum absolute atomic E-state index is 12.6. The van der Waals surface area contributed by atoms with E-state index in [4.69, 9.17) is 0 Å². The van der Waals surface area contributed by atoms with Gasteiger partial charge in [-0.05, 0) is 52.6 Å². The molecule has 122 valence electrons. The van der Waals surface area contributed by atoms with Gasteiger partial charge >= 0.3 is 0 Å². The maximum Gasteiger partial charge on any atom is 0.222 e. The summed E-state index contributed by atoms with van der Waals surface area (Å²) in [5, 5.41) is 0. The minimum Gasteiger partial charge on any atom is -0.338 e. The van der Waals surface area contributed by atoms with Crippen LogP contribution in [0.15, 0.2) is 12.4 Å². The number of likely N-dealkylation sites (N-methyl/N-ethyl adjacent to an activating group) is 1. The number of hydrogen-bond donors (Lipinski definition) is 0. The second-order valence-corrected chi connectivity index (χ2v) is 6.76. The van der Waals surface area contributed by atoms with Gasteiger partial charge in [0.2, 0.25) is 5.91 Å². The lowest BCUT2D eigenvalue weighted by molar-refractivity contribution is -0.133. The van der Waals surface area contributed by atoms with Crippen molar-refractivity contribution in [3.05, 3.63) is 18.2 Å². The highest BCUT2D eigenvalue weighted by Gasteiger charge is 2.37. The Morgan fingerprint density at radius 2 is 2.05 bits per heavy atom. The third kappa shape index (κ3) is 3.19. The minimum atomic E-state index is 0.348. The fraction of sp³-hybridized carbons (Fsp3) is 0.765. The quantitative estimate of drug-likeness (QED) is 0.836. The summed E-state index contributed by atoms with van der Waals surface area (Å²) in [6, 6.07) is 1.04. The summed E-state index contributed by atoms with van der Waals surface area (Å²) in [5.74, 6) is 1.37. The van der Waals surface area contributed by atoms with E-state index in [-0.39, 0.29) is 0 Å². The summed E-state index contributed by atoms with van der Waals surface area (Å²) >= 11 is 0. The molecule has 2 saturated heterocycles. The van der Waals surface area contributed by atoms with Crippen LogP contribution in [0.1, 0.15) is 44.3 Å². The van der Waals surface area contributed by atoms with Gasteiger partial charge in [0.05, 0.1) is 0 Å². The largest absolute Gasteiger partial charge is 0.338 e. The molecule has 1 aromatic rings. The molecule has 5 heteroatoms. The van der Waals surface area contributed by atoms with Crippen LogP contribution < -0.4 is 0 Å². The molecule has 0 bridgehead atoms. The van der Waals surface area contributed by atoms with Gasteiger partial charge in [0.25, 0.3) is 0 Å². The van der Waals surface area contributed by atoms with Gasteiger partial charge in [-0.2, -0.15) is 0 Å². The number of nitrogens with zero attached hydrogens (tertiary/aromatic N) is 4. The SMILES string of the molecule is Cc1nccn1CCCC(=O)N1CCC[C@H]1[C@@H]1CCCN1C. The van der Waals surface area contributed by atoms with Gasteiger partial charge in [-0.3, -0.25) is 4.79 Å². The predicted octanol–water partition coefficient (Wildman–Crippen LogP) is 2.06. The fourth-order valence-electron chi connectivity index (χ4n) is 4.11. The van der Waals surface area contributed by atoms with Gasteiger partial charge in [-0.25, -0.2) is 4.98 Å². The van der Waals surface area contributed by atoms with Crippen molar-refractivity contribution in [1.29, 1.82) is 0 Å². The first-order chi connectivity index (χ1) is 10.7. The van der Waals surface area contributed by atoms with Crippen molar-refractivity contribution in [2.75, 3.05) is 20.1 Å². The molecule has 0 unspecified atom stereocenters. The molecule has 22 heavy (non-hydrogen) atoms. The number of rotatable bonds is 5. The molecule has 0 radical (unpaired) electrons. The van der Waals surface area contributed by atoms with Gasteiger partial charge in [0, 0.05) is 44.0 Å². The van der Waals surface area contributed by atoms with E-state index in [2.05, 4.69) is 26.4 Å². The molecule has 0 aromatic carbocycles. The van der Waals surface area contributed by atoms with Crippen molar-refractivity contribution in [1.82, 2.24) is 19.4 Å². The van der Waals surface area contributed by atoms with E-state index in [9.17, 15) is 4.79 Å². The first-order valence-corrected chi connectivity index (χ1v) is 8.64. The number of aryl methyl sites for hydroxylation is 2. The molecule has 0 N–H and O–H groups in total. The van der Waals surface area contributed by atoms with Crippen LogP contribution >= 0.6 is 0 Å². The number of amides is 1. The average molecular weight is 304 g/mol. The monoisotopic (exact) mass is 304 g/mol. The number of aromatic nitrogens is 2.